The van der Waals surface area contributed by atoms with Gasteiger partial charge in [0.05, 0.1) is 0 Å². The first-order chi connectivity index (χ1) is 6.11. The predicted octanol–water partition coefficient (Wildman–Crippen LogP) is 1.99. The number of aromatic nitrogens is 2. The second-order valence-corrected chi connectivity index (χ2v) is 3.56. The van der Waals surface area contributed by atoms with Crippen molar-refractivity contribution in [2.75, 3.05) is 0 Å². The first-order valence-corrected chi connectivity index (χ1v) is 4.63. The minimum absolute atomic E-state index is 0.233. The zero-order chi connectivity index (χ0) is 9.84. The Hall–Kier alpha value is -1.12. The van der Waals surface area contributed by atoms with Gasteiger partial charge < -0.3 is 4.79 Å². The Balaban J connectivity index is 2.65. The second-order valence-electron chi connectivity index (χ2n) is 3.56. The number of rotatable bonds is 4. The minimum atomic E-state index is 0.233. The third kappa shape index (κ3) is 2.68. The standard InChI is InChI=1S/C10H16N2O/c1-8(2)12-10(6-7-11-12)5-4-9(3)13/h6-8H,4-5H2,1-3H3. The van der Waals surface area contributed by atoms with E-state index < -0.39 is 0 Å². The molecule has 0 fully saturated rings. The summed E-state index contributed by atoms with van der Waals surface area (Å²) in [7, 11) is 0. The van der Waals surface area contributed by atoms with Crippen LogP contribution in [0.15, 0.2) is 12.3 Å². The van der Waals surface area contributed by atoms with E-state index in [0.717, 1.165) is 12.1 Å². The van der Waals surface area contributed by atoms with Crippen molar-refractivity contribution in [3.63, 3.8) is 0 Å². The van der Waals surface area contributed by atoms with Crippen molar-refractivity contribution >= 4 is 5.78 Å². The van der Waals surface area contributed by atoms with Crippen LogP contribution in [0.4, 0.5) is 0 Å². The van der Waals surface area contributed by atoms with Gasteiger partial charge in [-0.2, -0.15) is 5.10 Å². The lowest BCUT2D eigenvalue weighted by Crippen LogP contribution is -2.08. The SMILES string of the molecule is CC(=O)CCc1ccnn1C(C)C. The number of aryl methyl sites for hydroxylation is 1. The fraction of sp³-hybridized carbons (Fsp3) is 0.600. The number of hydrogen-bond donors (Lipinski definition) is 0. The summed E-state index contributed by atoms with van der Waals surface area (Å²) in [6.07, 6.45) is 3.20. The van der Waals surface area contributed by atoms with Crippen LogP contribution < -0.4 is 0 Å². The van der Waals surface area contributed by atoms with E-state index in [-0.39, 0.29) is 5.78 Å². The lowest BCUT2D eigenvalue weighted by molar-refractivity contribution is -0.117. The Morgan fingerprint density at radius 2 is 2.31 bits per heavy atom. The number of carbonyl (C=O) groups is 1. The summed E-state index contributed by atoms with van der Waals surface area (Å²) in [4.78, 5) is 10.8. The highest BCUT2D eigenvalue weighted by Gasteiger charge is 2.05. The maximum absolute atomic E-state index is 10.8. The summed E-state index contributed by atoms with van der Waals surface area (Å²) in [5.41, 5.74) is 1.14. The van der Waals surface area contributed by atoms with Crippen LogP contribution >= 0.6 is 0 Å². The zero-order valence-corrected chi connectivity index (χ0v) is 8.45. The molecular weight excluding hydrogens is 164 g/mol. The van der Waals surface area contributed by atoms with Crippen LogP contribution in [0.3, 0.4) is 0 Å². The minimum Gasteiger partial charge on any atom is -0.300 e. The summed E-state index contributed by atoms with van der Waals surface area (Å²) < 4.78 is 1.96. The molecule has 3 heteroatoms. The molecule has 0 bridgehead atoms. The molecule has 3 nitrogen and oxygen atoms in total. The normalized spacial score (nSPS) is 10.8. The third-order valence-corrected chi connectivity index (χ3v) is 1.97. The van der Waals surface area contributed by atoms with Crippen molar-refractivity contribution in [2.24, 2.45) is 0 Å². The molecule has 0 amide bonds. The van der Waals surface area contributed by atoms with Crippen LogP contribution in [-0.4, -0.2) is 15.6 Å². The number of ketones is 1. The molecule has 1 aromatic rings. The topological polar surface area (TPSA) is 34.9 Å². The summed E-state index contributed by atoms with van der Waals surface area (Å²) in [6.45, 7) is 5.80. The maximum atomic E-state index is 10.8. The third-order valence-electron chi connectivity index (χ3n) is 1.97. The van der Waals surface area contributed by atoms with Crippen molar-refractivity contribution in [3.8, 4) is 0 Å². The summed E-state index contributed by atoms with van der Waals surface area (Å²) in [5.74, 6) is 0.233. The Bertz CT molecular complexity index is 289. The van der Waals surface area contributed by atoms with Gasteiger partial charge >= 0.3 is 0 Å². The van der Waals surface area contributed by atoms with Gasteiger partial charge in [0, 0.05) is 24.4 Å². The highest BCUT2D eigenvalue weighted by atomic mass is 16.1. The molecule has 0 saturated heterocycles. The molecular formula is C10H16N2O. The molecule has 0 aliphatic rings. The number of Topliss-reactive ketones (excluding diaryl/α,β-unsaturated/α-hetero) is 1. The average molecular weight is 180 g/mol. The number of nitrogens with zero attached hydrogens (tertiary/aromatic N) is 2. The summed E-state index contributed by atoms with van der Waals surface area (Å²) >= 11 is 0. The van der Waals surface area contributed by atoms with E-state index in [9.17, 15) is 4.79 Å². The molecule has 1 aromatic heterocycles. The summed E-state index contributed by atoms with van der Waals surface area (Å²) in [5, 5.41) is 4.20. The molecule has 0 saturated carbocycles. The van der Waals surface area contributed by atoms with Gasteiger partial charge in [-0.1, -0.05) is 0 Å². The van der Waals surface area contributed by atoms with Gasteiger partial charge in [-0.15, -0.1) is 0 Å². The molecule has 0 atom stereocenters. The lowest BCUT2D eigenvalue weighted by Gasteiger charge is -2.09. The molecule has 0 radical (unpaired) electrons. The van der Waals surface area contributed by atoms with E-state index in [1.807, 2.05) is 10.7 Å². The van der Waals surface area contributed by atoms with Crippen molar-refractivity contribution in [2.45, 2.75) is 39.7 Å². The van der Waals surface area contributed by atoms with Gasteiger partial charge in [-0.05, 0) is 33.3 Å². The molecule has 72 valence electrons. The molecule has 0 aromatic carbocycles. The molecule has 1 rings (SSSR count). The Morgan fingerprint density at radius 3 is 2.85 bits per heavy atom. The maximum Gasteiger partial charge on any atom is 0.130 e. The Kier molecular flexibility index (Phi) is 3.23. The quantitative estimate of drug-likeness (QED) is 0.710. The molecule has 13 heavy (non-hydrogen) atoms. The van der Waals surface area contributed by atoms with Crippen LogP contribution in [0.1, 0.15) is 38.9 Å². The molecule has 0 aliphatic carbocycles. The van der Waals surface area contributed by atoms with Gasteiger partial charge in [0.1, 0.15) is 5.78 Å². The van der Waals surface area contributed by atoms with E-state index in [0.29, 0.717) is 12.5 Å². The second kappa shape index (κ2) is 4.21. The summed E-state index contributed by atoms with van der Waals surface area (Å²) in [6, 6.07) is 2.35. The van der Waals surface area contributed by atoms with Gasteiger partial charge in [0.2, 0.25) is 0 Å². The Morgan fingerprint density at radius 1 is 1.62 bits per heavy atom. The average Bonchev–Trinajstić information content (AvgIpc) is 2.47. The van der Waals surface area contributed by atoms with Crippen molar-refractivity contribution in [3.05, 3.63) is 18.0 Å². The predicted molar refractivity (Wildman–Crippen MR) is 51.6 cm³/mol. The van der Waals surface area contributed by atoms with Gasteiger partial charge in [0.25, 0.3) is 0 Å². The smallest absolute Gasteiger partial charge is 0.130 e. The van der Waals surface area contributed by atoms with Crippen LogP contribution in [0.25, 0.3) is 0 Å². The molecule has 0 spiro atoms. The fourth-order valence-electron chi connectivity index (χ4n) is 1.31. The van der Waals surface area contributed by atoms with E-state index in [1.54, 1.807) is 13.1 Å². The van der Waals surface area contributed by atoms with E-state index in [1.165, 1.54) is 0 Å². The van der Waals surface area contributed by atoms with Crippen LogP contribution in [0.2, 0.25) is 0 Å². The first kappa shape index (κ1) is 9.96. The molecule has 0 unspecified atom stereocenters. The highest BCUT2D eigenvalue weighted by molar-refractivity contribution is 5.75. The Labute approximate surface area is 78.8 Å². The van der Waals surface area contributed by atoms with Gasteiger partial charge in [-0.25, -0.2) is 0 Å². The van der Waals surface area contributed by atoms with Crippen LogP contribution in [0, 0.1) is 0 Å². The molecule has 0 aliphatic heterocycles. The number of hydrogen-bond acceptors (Lipinski definition) is 2. The monoisotopic (exact) mass is 180 g/mol. The van der Waals surface area contributed by atoms with Gasteiger partial charge in [-0.3, -0.25) is 4.68 Å². The molecule has 1 heterocycles. The van der Waals surface area contributed by atoms with Crippen molar-refractivity contribution < 1.29 is 4.79 Å². The first-order valence-electron chi connectivity index (χ1n) is 4.63. The van der Waals surface area contributed by atoms with Crippen LogP contribution in [-0.2, 0) is 11.2 Å². The lowest BCUT2D eigenvalue weighted by atomic mass is 10.2. The van der Waals surface area contributed by atoms with E-state index in [2.05, 4.69) is 18.9 Å². The van der Waals surface area contributed by atoms with Gasteiger partial charge in [0.15, 0.2) is 0 Å². The van der Waals surface area contributed by atoms with E-state index in [4.69, 9.17) is 0 Å². The van der Waals surface area contributed by atoms with Crippen molar-refractivity contribution in [1.29, 1.82) is 0 Å². The molecule has 0 N–H and O–H groups in total. The number of carbonyl (C=O) groups excluding carboxylic acids is 1. The fourth-order valence-corrected chi connectivity index (χ4v) is 1.31. The highest BCUT2D eigenvalue weighted by Crippen LogP contribution is 2.09. The van der Waals surface area contributed by atoms with E-state index >= 15 is 0 Å². The van der Waals surface area contributed by atoms with Crippen molar-refractivity contribution in [1.82, 2.24) is 9.78 Å². The zero-order valence-electron chi connectivity index (χ0n) is 8.45. The largest absolute Gasteiger partial charge is 0.300 e. The van der Waals surface area contributed by atoms with Crippen LogP contribution in [0.5, 0.6) is 0 Å².